The maximum Gasteiger partial charge on any atom is 0.271 e. The molecule has 1 unspecified atom stereocenters. The second kappa shape index (κ2) is 15.7. The quantitative estimate of drug-likeness (QED) is 0.134. The summed E-state index contributed by atoms with van der Waals surface area (Å²) in [6.07, 6.45) is 5.04. The molecular formula is C37H40N4O6S. The van der Waals surface area contributed by atoms with Crippen molar-refractivity contribution < 1.29 is 22.9 Å². The van der Waals surface area contributed by atoms with Gasteiger partial charge < -0.3 is 10.2 Å². The summed E-state index contributed by atoms with van der Waals surface area (Å²) in [5, 5.41) is 14.9. The molecule has 0 saturated heterocycles. The summed E-state index contributed by atoms with van der Waals surface area (Å²) in [6.45, 7) is 1.28. The zero-order valence-electron chi connectivity index (χ0n) is 26.9. The lowest BCUT2D eigenvalue weighted by Crippen LogP contribution is -2.55. The molecule has 0 aromatic heterocycles. The third-order valence-electron chi connectivity index (χ3n) is 8.76. The van der Waals surface area contributed by atoms with Gasteiger partial charge in [-0.1, -0.05) is 98.1 Å². The van der Waals surface area contributed by atoms with Gasteiger partial charge in [0, 0.05) is 31.1 Å². The van der Waals surface area contributed by atoms with E-state index in [1.54, 1.807) is 18.2 Å². The average Bonchev–Trinajstić information content (AvgIpc) is 3.10. The van der Waals surface area contributed by atoms with Crippen molar-refractivity contribution in [1.82, 2.24) is 10.2 Å². The van der Waals surface area contributed by atoms with Crippen molar-refractivity contribution in [3.8, 4) is 0 Å². The second-order valence-corrected chi connectivity index (χ2v) is 14.0. The van der Waals surface area contributed by atoms with Gasteiger partial charge in [0.15, 0.2) is 0 Å². The van der Waals surface area contributed by atoms with E-state index in [1.165, 1.54) is 35.2 Å². The first kappa shape index (κ1) is 34.3. The van der Waals surface area contributed by atoms with Gasteiger partial charge in [0.1, 0.15) is 12.6 Å². The monoisotopic (exact) mass is 668 g/mol. The van der Waals surface area contributed by atoms with Crippen LogP contribution in [0.5, 0.6) is 0 Å². The van der Waals surface area contributed by atoms with Gasteiger partial charge in [0.2, 0.25) is 11.8 Å². The highest BCUT2D eigenvalue weighted by molar-refractivity contribution is 7.92. The minimum absolute atomic E-state index is 0.0141. The van der Waals surface area contributed by atoms with Crippen LogP contribution in [0.3, 0.4) is 0 Å². The molecule has 10 nitrogen and oxygen atoms in total. The SMILES string of the molecule is Cc1ccccc1CN(C(=O)CN(c1cccc([N+](=O)[O-])c1)S(=O)(=O)c1ccccc1)C(Cc1ccccc1)C(=O)NC1CCCCC1. The maximum absolute atomic E-state index is 14.7. The Morgan fingerprint density at radius 2 is 1.52 bits per heavy atom. The lowest BCUT2D eigenvalue weighted by atomic mass is 9.94. The molecule has 5 rings (SSSR count). The molecule has 1 N–H and O–H groups in total. The third-order valence-corrected chi connectivity index (χ3v) is 10.6. The molecule has 250 valence electrons. The third kappa shape index (κ3) is 8.46. The lowest BCUT2D eigenvalue weighted by Gasteiger charge is -2.35. The van der Waals surface area contributed by atoms with E-state index < -0.39 is 33.4 Å². The number of nitro benzene ring substituents is 1. The van der Waals surface area contributed by atoms with Gasteiger partial charge >= 0.3 is 0 Å². The number of sulfonamides is 1. The summed E-state index contributed by atoms with van der Waals surface area (Å²) in [7, 11) is -4.37. The molecule has 11 heteroatoms. The molecule has 1 saturated carbocycles. The Kier molecular flexibility index (Phi) is 11.2. The Hall–Kier alpha value is -5.03. The van der Waals surface area contributed by atoms with Crippen molar-refractivity contribution in [2.45, 2.75) is 69.0 Å². The van der Waals surface area contributed by atoms with Gasteiger partial charge in [0.05, 0.1) is 15.5 Å². The molecule has 48 heavy (non-hydrogen) atoms. The van der Waals surface area contributed by atoms with Crippen molar-refractivity contribution in [2.75, 3.05) is 10.8 Å². The Morgan fingerprint density at radius 1 is 0.875 bits per heavy atom. The highest BCUT2D eigenvalue weighted by Crippen LogP contribution is 2.28. The number of nitro groups is 1. The van der Waals surface area contributed by atoms with Crippen LogP contribution >= 0.6 is 0 Å². The smallest absolute Gasteiger partial charge is 0.271 e. The normalized spacial score (nSPS) is 14.1. The number of nitrogens with zero attached hydrogens (tertiary/aromatic N) is 3. The van der Waals surface area contributed by atoms with Crippen LogP contribution in [-0.2, 0) is 32.6 Å². The summed E-state index contributed by atoms with van der Waals surface area (Å²) in [6, 6.07) is 28.8. The summed E-state index contributed by atoms with van der Waals surface area (Å²) in [5.74, 6) is -0.926. The molecule has 4 aromatic carbocycles. The number of non-ortho nitro benzene ring substituents is 1. The number of hydrogen-bond donors (Lipinski definition) is 1. The molecule has 2 amide bonds. The number of nitrogens with one attached hydrogen (secondary N) is 1. The van der Waals surface area contributed by atoms with Crippen molar-refractivity contribution in [3.05, 3.63) is 136 Å². The van der Waals surface area contributed by atoms with E-state index in [4.69, 9.17) is 0 Å². The largest absolute Gasteiger partial charge is 0.352 e. The summed E-state index contributed by atoms with van der Waals surface area (Å²) >= 11 is 0. The highest BCUT2D eigenvalue weighted by Gasteiger charge is 2.36. The molecule has 1 fully saturated rings. The maximum atomic E-state index is 14.7. The Morgan fingerprint density at radius 3 is 2.19 bits per heavy atom. The fourth-order valence-corrected chi connectivity index (χ4v) is 7.51. The predicted molar refractivity (Wildman–Crippen MR) is 185 cm³/mol. The van der Waals surface area contributed by atoms with Crippen LogP contribution in [0.15, 0.2) is 114 Å². The minimum Gasteiger partial charge on any atom is -0.352 e. The standard InChI is InChI=1S/C37H40N4O6S/c1-28-14-11-12-17-30(28)26-39(35(24-29-15-5-2-6-16-29)37(43)38-31-18-7-3-8-19-31)36(42)27-40(32-20-13-21-33(25-32)41(44)45)48(46,47)34-22-9-4-10-23-34/h2,4-6,9-17,20-23,25,31,35H,3,7-8,18-19,24,26-27H2,1H3,(H,38,43). The number of carbonyl (C=O) groups is 2. The Balaban J connectivity index is 1.59. The molecule has 1 aliphatic carbocycles. The van der Waals surface area contributed by atoms with Gasteiger partial charge in [-0.05, 0) is 54.7 Å². The van der Waals surface area contributed by atoms with Crippen molar-refractivity contribution in [1.29, 1.82) is 0 Å². The molecule has 1 aliphatic rings. The molecule has 0 heterocycles. The van der Waals surface area contributed by atoms with E-state index in [1.807, 2.05) is 61.5 Å². The average molecular weight is 669 g/mol. The van der Waals surface area contributed by atoms with Crippen LogP contribution in [0, 0.1) is 17.0 Å². The first-order chi connectivity index (χ1) is 23.1. The van der Waals surface area contributed by atoms with Crippen LogP contribution in [-0.4, -0.2) is 48.7 Å². The number of aryl methyl sites for hydroxylation is 1. The number of amides is 2. The molecule has 1 atom stereocenters. The van der Waals surface area contributed by atoms with Crippen LogP contribution < -0.4 is 9.62 Å². The van der Waals surface area contributed by atoms with E-state index in [2.05, 4.69) is 5.32 Å². The van der Waals surface area contributed by atoms with Gasteiger partial charge in [-0.2, -0.15) is 0 Å². The van der Waals surface area contributed by atoms with Gasteiger partial charge in [-0.3, -0.25) is 24.0 Å². The Bertz CT molecular complexity index is 1830. The predicted octanol–water partition coefficient (Wildman–Crippen LogP) is 6.19. The molecule has 0 aliphatic heterocycles. The minimum atomic E-state index is -4.37. The van der Waals surface area contributed by atoms with Crippen molar-refractivity contribution >= 4 is 33.2 Å². The summed E-state index contributed by atoms with van der Waals surface area (Å²) in [5.41, 5.74) is 2.20. The van der Waals surface area contributed by atoms with E-state index >= 15 is 0 Å². The number of hydrogen-bond acceptors (Lipinski definition) is 6. The lowest BCUT2D eigenvalue weighted by molar-refractivity contribution is -0.384. The van der Waals surface area contributed by atoms with Crippen LogP contribution in [0.2, 0.25) is 0 Å². The van der Waals surface area contributed by atoms with E-state index in [-0.39, 0.29) is 41.2 Å². The summed E-state index contributed by atoms with van der Waals surface area (Å²) in [4.78, 5) is 41.3. The molecule has 0 spiro atoms. The zero-order chi connectivity index (χ0) is 34.1. The zero-order valence-corrected chi connectivity index (χ0v) is 27.7. The fraction of sp³-hybridized carbons (Fsp3) is 0.297. The molecular weight excluding hydrogens is 628 g/mol. The number of anilines is 1. The first-order valence-electron chi connectivity index (χ1n) is 16.1. The van der Waals surface area contributed by atoms with Gasteiger partial charge in [0.25, 0.3) is 15.7 Å². The van der Waals surface area contributed by atoms with E-state index in [9.17, 15) is 28.1 Å². The second-order valence-electron chi connectivity index (χ2n) is 12.1. The van der Waals surface area contributed by atoms with E-state index in [0.29, 0.717) is 0 Å². The topological polar surface area (TPSA) is 130 Å². The van der Waals surface area contributed by atoms with Gasteiger partial charge in [-0.25, -0.2) is 8.42 Å². The number of rotatable bonds is 13. The summed E-state index contributed by atoms with van der Waals surface area (Å²) < 4.78 is 29.2. The number of benzene rings is 4. The Labute approximate surface area is 281 Å². The van der Waals surface area contributed by atoms with Crippen molar-refractivity contribution in [2.24, 2.45) is 0 Å². The molecule has 4 aromatic rings. The highest BCUT2D eigenvalue weighted by atomic mass is 32.2. The number of carbonyl (C=O) groups excluding carboxylic acids is 2. The molecule has 0 bridgehead atoms. The van der Waals surface area contributed by atoms with E-state index in [0.717, 1.165) is 59.2 Å². The first-order valence-corrected chi connectivity index (χ1v) is 17.6. The fourth-order valence-electron chi connectivity index (χ4n) is 6.08. The van der Waals surface area contributed by atoms with Gasteiger partial charge in [-0.15, -0.1) is 0 Å². The van der Waals surface area contributed by atoms with Crippen LogP contribution in [0.1, 0.15) is 48.8 Å². The van der Waals surface area contributed by atoms with Crippen LogP contribution in [0.4, 0.5) is 11.4 Å². The molecule has 0 radical (unpaired) electrons. The van der Waals surface area contributed by atoms with Crippen molar-refractivity contribution in [3.63, 3.8) is 0 Å². The van der Waals surface area contributed by atoms with Crippen LogP contribution in [0.25, 0.3) is 0 Å².